The molecule has 160 valence electrons. The predicted molar refractivity (Wildman–Crippen MR) is 117 cm³/mol. The number of ether oxygens (including phenoxy) is 1. The third-order valence-electron chi connectivity index (χ3n) is 6.53. The van der Waals surface area contributed by atoms with Gasteiger partial charge in [0.2, 0.25) is 0 Å². The van der Waals surface area contributed by atoms with Crippen LogP contribution in [0.15, 0.2) is 12.1 Å². The molecule has 0 atom stereocenters. The van der Waals surface area contributed by atoms with E-state index in [2.05, 4.69) is 44.7 Å². The summed E-state index contributed by atoms with van der Waals surface area (Å²) >= 11 is 0. The zero-order valence-corrected chi connectivity index (χ0v) is 18.0. The summed E-state index contributed by atoms with van der Waals surface area (Å²) in [5, 5.41) is 0. The number of likely N-dealkylation sites (N-methyl/N-ethyl adjacent to an activating group) is 2. The maximum atomic E-state index is 12.0. The van der Waals surface area contributed by atoms with Crippen molar-refractivity contribution in [3.63, 3.8) is 0 Å². The van der Waals surface area contributed by atoms with Gasteiger partial charge in [0.05, 0.1) is 24.6 Å². The number of carbonyl (C=O) groups excluding carboxylic acids is 1. The minimum atomic E-state index is 0.807. The van der Waals surface area contributed by atoms with E-state index in [1.165, 1.54) is 11.3 Å². The van der Waals surface area contributed by atoms with Gasteiger partial charge in [0.25, 0.3) is 0 Å². The lowest BCUT2D eigenvalue weighted by molar-refractivity contribution is 0.0342. The first-order valence-electron chi connectivity index (χ1n) is 10.9. The van der Waals surface area contributed by atoms with Crippen LogP contribution in [0.4, 0.5) is 11.4 Å². The number of aldehydes is 1. The summed E-state index contributed by atoms with van der Waals surface area (Å²) in [5.74, 6) is 0. The van der Waals surface area contributed by atoms with E-state index in [-0.39, 0.29) is 0 Å². The van der Waals surface area contributed by atoms with Gasteiger partial charge in [-0.2, -0.15) is 0 Å². The van der Waals surface area contributed by atoms with Crippen LogP contribution in [0, 0.1) is 0 Å². The van der Waals surface area contributed by atoms with E-state index in [0.29, 0.717) is 0 Å². The summed E-state index contributed by atoms with van der Waals surface area (Å²) in [6.07, 6.45) is 1.05. The van der Waals surface area contributed by atoms with Gasteiger partial charge in [0.1, 0.15) is 0 Å². The molecule has 0 amide bonds. The molecule has 3 saturated heterocycles. The number of morpholine rings is 1. The molecule has 0 N–H and O–H groups in total. The number of hydrogen-bond donors (Lipinski definition) is 0. The summed E-state index contributed by atoms with van der Waals surface area (Å²) in [7, 11) is 4.36. The molecule has 0 spiro atoms. The summed E-state index contributed by atoms with van der Waals surface area (Å²) in [5.41, 5.74) is 4.62. The molecule has 0 aliphatic carbocycles. The molecule has 3 fully saturated rings. The molecule has 3 aliphatic heterocycles. The molecule has 7 heteroatoms. The number of hydrogen-bond acceptors (Lipinski definition) is 7. The van der Waals surface area contributed by atoms with E-state index in [0.717, 1.165) is 103 Å². The Morgan fingerprint density at radius 2 is 1.34 bits per heavy atom. The molecule has 0 saturated carbocycles. The highest BCUT2D eigenvalue weighted by Gasteiger charge is 2.27. The van der Waals surface area contributed by atoms with E-state index >= 15 is 0 Å². The van der Waals surface area contributed by atoms with Gasteiger partial charge in [0, 0.05) is 77.6 Å². The first-order chi connectivity index (χ1) is 14.2. The van der Waals surface area contributed by atoms with Crippen molar-refractivity contribution >= 4 is 17.7 Å². The Labute approximate surface area is 174 Å². The Morgan fingerprint density at radius 3 is 1.90 bits per heavy atom. The summed E-state index contributed by atoms with van der Waals surface area (Å²) in [4.78, 5) is 24.2. The van der Waals surface area contributed by atoms with Gasteiger partial charge < -0.3 is 24.3 Å². The van der Waals surface area contributed by atoms with Crippen molar-refractivity contribution in [1.29, 1.82) is 0 Å². The number of rotatable bonds is 5. The molecule has 29 heavy (non-hydrogen) atoms. The van der Waals surface area contributed by atoms with Crippen molar-refractivity contribution in [2.75, 3.05) is 103 Å². The van der Waals surface area contributed by atoms with Gasteiger partial charge >= 0.3 is 0 Å². The maximum absolute atomic E-state index is 12.0. The molecule has 0 unspecified atom stereocenters. The molecule has 3 heterocycles. The van der Waals surface area contributed by atoms with Crippen LogP contribution in [0.25, 0.3) is 0 Å². The Kier molecular flexibility index (Phi) is 6.70. The van der Waals surface area contributed by atoms with Gasteiger partial charge in [-0.1, -0.05) is 6.07 Å². The monoisotopic (exact) mass is 401 g/mol. The molecule has 7 nitrogen and oxygen atoms in total. The van der Waals surface area contributed by atoms with Crippen molar-refractivity contribution in [2.24, 2.45) is 0 Å². The second kappa shape index (κ2) is 9.43. The molecule has 0 radical (unpaired) electrons. The van der Waals surface area contributed by atoms with Crippen LogP contribution in [0.2, 0.25) is 0 Å². The molecule has 1 aromatic rings. The number of benzene rings is 1. The van der Waals surface area contributed by atoms with Gasteiger partial charge in [-0.15, -0.1) is 0 Å². The van der Waals surface area contributed by atoms with Crippen LogP contribution in [0.1, 0.15) is 15.9 Å². The second-order valence-corrected chi connectivity index (χ2v) is 8.60. The van der Waals surface area contributed by atoms with Crippen molar-refractivity contribution in [3.8, 4) is 0 Å². The van der Waals surface area contributed by atoms with Crippen molar-refractivity contribution < 1.29 is 9.53 Å². The van der Waals surface area contributed by atoms with Crippen LogP contribution >= 0.6 is 0 Å². The summed E-state index contributed by atoms with van der Waals surface area (Å²) in [6, 6.07) is 4.22. The van der Waals surface area contributed by atoms with Crippen LogP contribution in [-0.4, -0.2) is 114 Å². The topological polar surface area (TPSA) is 42.5 Å². The lowest BCUT2D eigenvalue weighted by atomic mass is 10.0. The Morgan fingerprint density at radius 1 is 0.793 bits per heavy atom. The fourth-order valence-electron chi connectivity index (χ4n) is 4.61. The van der Waals surface area contributed by atoms with Crippen LogP contribution in [0.3, 0.4) is 0 Å². The van der Waals surface area contributed by atoms with Gasteiger partial charge in [-0.05, 0) is 25.7 Å². The quantitative estimate of drug-likeness (QED) is 0.677. The fraction of sp³-hybridized carbons (Fsp3) is 0.682. The largest absolute Gasteiger partial charge is 0.379 e. The predicted octanol–water partition coefficient (Wildman–Crippen LogP) is 0.835. The number of nitrogens with zero attached hydrogens (tertiary/aromatic N) is 5. The Hall–Kier alpha value is -1.67. The van der Waals surface area contributed by atoms with E-state index < -0.39 is 0 Å². The average Bonchev–Trinajstić information content (AvgIpc) is 2.75. The zero-order chi connectivity index (χ0) is 20.2. The molecule has 3 aliphatic rings. The highest BCUT2D eigenvalue weighted by molar-refractivity contribution is 5.92. The van der Waals surface area contributed by atoms with E-state index in [1.807, 2.05) is 6.07 Å². The van der Waals surface area contributed by atoms with E-state index in [1.54, 1.807) is 0 Å². The number of anilines is 2. The summed E-state index contributed by atoms with van der Waals surface area (Å²) in [6.45, 7) is 12.6. The van der Waals surface area contributed by atoms with Crippen molar-refractivity contribution in [2.45, 2.75) is 6.54 Å². The van der Waals surface area contributed by atoms with Gasteiger partial charge in [-0.25, -0.2) is 0 Å². The maximum Gasteiger partial charge on any atom is 0.152 e. The smallest absolute Gasteiger partial charge is 0.152 e. The Bertz CT molecular complexity index is 691. The Balaban J connectivity index is 1.71. The first-order valence-corrected chi connectivity index (χ1v) is 10.9. The minimum Gasteiger partial charge on any atom is -0.379 e. The van der Waals surface area contributed by atoms with E-state index in [4.69, 9.17) is 4.74 Å². The molecule has 4 rings (SSSR count). The highest BCUT2D eigenvalue weighted by atomic mass is 16.5. The lowest BCUT2D eigenvalue weighted by Gasteiger charge is -2.41. The molecule has 0 bridgehead atoms. The normalized spacial score (nSPS) is 22.8. The minimum absolute atomic E-state index is 0.807. The zero-order valence-electron chi connectivity index (χ0n) is 18.0. The van der Waals surface area contributed by atoms with Crippen LogP contribution < -0.4 is 9.80 Å². The average molecular weight is 402 g/mol. The summed E-state index contributed by atoms with van der Waals surface area (Å²) < 4.78 is 5.54. The van der Waals surface area contributed by atoms with Gasteiger partial charge in [-0.3, -0.25) is 9.69 Å². The number of piperazine rings is 2. The van der Waals surface area contributed by atoms with E-state index in [9.17, 15) is 4.79 Å². The standard InChI is InChI=1S/C22H35N5O2/c1-23-5-9-26(10-6-23)21-19(17-25-13-15-29-16-14-25)3-4-20(18-28)22(21)27-11-7-24(2)8-12-27/h3-4,18H,5-17H2,1-2H3. The van der Waals surface area contributed by atoms with Gasteiger partial charge in [0.15, 0.2) is 6.29 Å². The third-order valence-corrected chi connectivity index (χ3v) is 6.53. The molecular formula is C22H35N5O2. The second-order valence-electron chi connectivity index (χ2n) is 8.60. The highest BCUT2D eigenvalue weighted by Crippen LogP contribution is 2.38. The molecular weight excluding hydrogens is 366 g/mol. The SMILES string of the molecule is CN1CCN(c2c(C=O)ccc(CN3CCOCC3)c2N2CCN(C)CC2)CC1. The van der Waals surface area contributed by atoms with Crippen LogP contribution in [0.5, 0.6) is 0 Å². The number of carbonyl (C=O) groups is 1. The molecule has 0 aromatic heterocycles. The fourth-order valence-corrected chi connectivity index (χ4v) is 4.61. The third kappa shape index (κ3) is 4.74. The van der Waals surface area contributed by atoms with Crippen LogP contribution in [-0.2, 0) is 11.3 Å². The van der Waals surface area contributed by atoms with Crippen molar-refractivity contribution in [1.82, 2.24) is 14.7 Å². The molecule has 1 aromatic carbocycles. The lowest BCUT2D eigenvalue weighted by Crippen LogP contribution is -2.48. The first kappa shape index (κ1) is 20.6. The van der Waals surface area contributed by atoms with Crippen molar-refractivity contribution in [3.05, 3.63) is 23.3 Å².